The van der Waals surface area contributed by atoms with Crippen LogP contribution in [0.5, 0.6) is 5.75 Å². The van der Waals surface area contributed by atoms with Gasteiger partial charge in [0.15, 0.2) is 6.10 Å². The van der Waals surface area contributed by atoms with E-state index in [0.29, 0.717) is 42.5 Å². The SMILES string of the molecule is CC(Oc1cccc(Cl)c1)C(=O)N1CCN(c2cc(C#N)ccn2)CC1. The van der Waals surface area contributed by atoms with Crippen LogP contribution < -0.4 is 9.64 Å². The van der Waals surface area contributed by atoms with Gasteiger partial charge in [0, 0.05) is 37.4 Å². The lowest BCUT2D eigenvalue weighted by atomic mass is 10.2. The van der Waals surface area contributed by atoms with Gasteiger partial charge in [-0.25, -0.2) is 4.98 Å². The number of benzene rings is 1. The van der Waals surface area contributed by atoms with Crippen LogP contribution in [0, 0.1) is 11.3 Å². The summed E-state index contributed by atoms with van der Waals surface area (Å²) in [5.41, 5.74) is 0.581. The molecule has 3 rings (SSSR count). The van der Waals surface area contributed by atoms with E-state index >= 15 is 0 Å². The maximum absolute atomic E-state index is 12.6. The molecule has 1 aliphatic rings. The van der Waals surface area contributed by atoms with Crippen LogP contribution in [0.1, 0.15) is 12.5 Å². The van der Waals surface area contributed by atoms with E-state index in [9.17, 15) is 4.79 Å². The summed E-state index contributed by atoms with van der Waals surface area (Å²) in [5, 5.41) is 9.58. The number of pyridine rings is 1. The van der Waals surface area contributed by atoms with Crippen molar-refractivity contribution in [1.82, 2.24) is 9.88 Å². The van der Waals surface area contributed by atoms with Crippen molar-refractivity contribution in [3.05, 3.63) is 53.2 Å². The van der Waals surface area contributed by atoms with Crippen LogP contribution in [-0.2, 0) is 4.79 Å². The largest absolute Gasteiger partial charge is 0.481 e. The summed E-state index contributed by atoms with van der Waals surface area (Å²) >= 11 is 5.95. The minimum Gasteiger partial charge on any atom is -0.481 e. The van der Waals surface area contributed by atoms with E-state index in [0.717, 1.165) is 5.82 Å². The second kappa shape index (κ2) is 8.07. The standard InChI is InChI=1S/C19H19ClN4O2/c1-14(26-17-4-2-3-16(20)12-17)19(25)24-9-7-23(8-10-24)18-11-15(13-21)5-6-22-18/h2-6,11-12,14H,7-10H2,1H3. The van der Waals surface area contributed by atoms with Gasteiger partial charge in [0.1, 0.15) is 11.6 Å². The number of nitriles is 1. The van der Waals surface area contributed by atoms with Crippen molar-refractivity contribution in [2.75, 3.05) is 31.1 Å². The van der Waals surface area contributed by atoms with Gasteiger partial charge in [-0.05, 0) is 37.3 Å². The predicted molar refractivity (Wildman–Crippen MR) is 99.3 cm³/mol. The van der Waals surface area contributed by atoms with Crippen molar-refractivity contribution in [2.24, 2.45) is 0 Å². The molecule has 0 N–H and O–H groups in total. The number of amides is 1. The van der Waals surface area contributed by atoms with Crippen LogP contribution in [-0.4, -0.2) is 48.1 Å². The van der Waals surface area contributed by atoms with Crippen LogP contribution in [0.25, 0.3) is 0 Å². The van der Waals surface area contributed by atoms with Gasteiger partial charge < -0.3 is 14.5 Å². The summed E-state index contributed by atoms with van der Waals surface area (Å²) in [4.78, 5) is 20.8. The molecule has 1 unspecified atom stereocenters. The van der Waals surface area contributed by atoms with E-state index in [4.69, 9.17) is 21.6 Å². The van der Waals surface area contributed by atoms with E-state index in [1.54, 1.807) is 54.4 Å². The number of hydrogen-bond donors (Lipinski definition) is 0. The number of hydrogen-bond acceptors (Lipinski definition) is 5. The summed E-state index contributed by atoms with van der Waals surface area (Å²) in [7, 11) is 0. The summed E-state index contributed by atoms with van der Waals surface area (Å²) < 4.78 is 5.71. The Morgan fingerprint density at radius 1 is 1.27 bits per heavy atom. The average Bonchev–Trinajstić information content (AvgIpc) is 2.67. The van der Waals surface area contributed by atoms with Crippen molar-refractivity contribution in [1.29, 1.82) is 5.26 Å². The number of piperazine rings is 1. The Hall–Kier alpha value is -2.78. The first-order valence-corrected chi connectivity index (χ1v) is 8.77. The fourth-order valence-electron chi connectivity index (χ4n) is 2.87. The van der Waals surface area contributed by atoms with Gasteiger partial charge in [-0.1, -0.05) is 17.7 Å². The van der Waals surface area contributed by atoms with Crippen LogP contribution in [0.4, 0.5) is 5.82 Å². The molecular weight excluding hydrogens is 352 g/mol. The fourth-order valence-corrected chi connectivity index (χ4v) is 3.05. The summed E-state index contributed by atoms with van der Waals surface area (Å²) in [5.74, 6) is 1.29. The lowest BCUT2D eigenvalue weighted by molar-refractivity contribution is -0.138. The Morgan fingerprint density at radius 3 is 2.73 bits per heavy atom. The number of ether oxygens (including phenoxy) is 1. The molecule has 1 atom stereocenters. The first-order valence-electron chi connectivity index (χ1n) is 8.39. The molecule has 1 amide bonds. The highest BCUT2D eigenvalue weighted by Crippen LogP contribution is 2.20. The summed E-state index contributed by atoms with van der Waals surface area (Å²) in [6.07, 6.45) is 1.05. The molecule has 1 aliphatic heterocycles. The molecule has 7 heteroatoms. The molecule has 2 heterocycles. The minimum atomic E-state index is -0.583. The van der Waals surface area contributed by atoms with Crippen LogP contribution in [0.15, 0.2) is 42.6 Å². The third-order valence-corrected chi connectivity index (χ3v) is 4.48. The van der Waals surface area contributed by atoms with Crippen LogP contribution >= 0.6 is 11.6 Å². The smallest absolute Gasteiger partial charge is 0.263 e. The van der Waals surface area contributed by atoms with Gasteiger partial charge in [0.05, 0.1) is 11.6 Å². The zero-order valence-electron chi connectivity index (χ0n) is 14.4. The molecule has 134 valence electrons. The molecular formula is C19H19ClN4O2. The van der Waals surface area contributed by atoms with Crippen molar-refractivity contribution in [3.63, 3.8) is 0 Å². The van der Waals surface area contributed by atoms with Gasteiger partial charge >= 0.3 is 0 Å². The molecule has 0 bridgehead atoms. The Labute approximate surface area is 157 Å². The first kappa shape index (κ1) is 18.0. The Kier molecular flexibility index (Phi) is 5.59. The lowest BCUT2D eigenvalue weighted by Gasteiger charge is -2.36. The fraction of sp³-hybridized carbons (Fsp3) is 0.316. The van der Waals surface area contributed by atoms with Gasteiger partial charge in [-0.2, -0.15) is 5.26 Å². The maximum atomic E-state index is 12.6. The van der Waals surface area contributed by atoms with Crippen molar-refractivity contribution >= 4 is 23.3 Å². The third-order valence-electron chi connectivity index (χ3n) is 4.25. The van der Waals surface area contributed by atoms with Gasteiger partial charge in [0.2, 0.25) is 0 Å². The molecule has 0 radical (unpaired) electrons. The lowest BCUT2D eigenvalue weighted by Crippen LogP contribution is -2.52. The van der Waals surface area contributed by atoms with Crippen molar-refractivity contribution < 1.29 is 9.53 Å². The molecule has 26 heavy (non-hydrogen) atoms. The Balaban J connectivity index is 1.57. The van der Waals surface area contributed by atoms with Gasteiger partial charge in [-0.3, -0.25) is 4.79 Å². The molecule has 0 aliphatic carbocycles. The first-order chi connectivity index (χ1) is 12.6. The van der Waals surface area contributed by atoms with E-state index < -0.39 is 6.10 Å². The monoisotopic (exact) mass is 370 g/mol. The zero-order chi connectivity index (χ0) is 18.5. The van der Waals surface area contributed by atoms with E-state index in [1.165, 1.54) is 0 Å². The topological polar surface area (TPSA) is 69.5 Å². The highest BCUT2D eigenvalue weighted by Gasteiger charge is 2.26. The van der Waals surface area contributed by atoms with Crippen LogP contribution in [0.3, 0.4) is 0 Å². The predicted octanol–water partition coefficient (Wildman–Crippen LogP) is 2.72. The number of carbonyl (C=O) groups is 1. The molecule has 2 aromatic rings. The average molecular weight is 371 g/mol. The molecule has 0 saturated carbocycles. The van der Waals surface area contributed by atoms with Gasteiger partial charge in [-0.15, -0.1) is 0 Å². The van der Waals surface area contributed by atoms with Crippen molar-refractivity contribution in [3.8, 4) is 11.8 Å². The number of nitrogens with zero attached hydrogens (tertiary/aromatic N) is 4. The van der Waals surface area contributed by atoms with E-state index in [1.807, 2.05) is 0 Å². The van der Waals surface area contributed by atoms with Crippen LogP contribution in [0.2, 0.25) is 5.02 Å². The number of halogens is 1. The number of anilines is 1. The highest BCUT2D eigenvalue weighted by molar-refractivity contribution is 6.30. The molecule has 6 nitrogen and oxygen atoms in total. The van der Waals surface area contributed by atoms with E-state index in [-0.39, 0.29) is 5.91 Å². The number of rotatable bonds is 4. The summed E-state index contributed by atoms with van der Waals surface area (Å²) in [6, 6.07) is 12.6. The second-order valence-corrected chi connectivity index (χ2v) is 6.48. The normalized spacial score (nSPS) is 15.3. The summed E-state index contributed by atoms with van der Waals surface area (Å²) in [6.45, 7) is 4.24. The van der Waals surface area contributed by atoms with E-state index in [2.05, 4.69) is 16.0 Å². The number of carbonyl (C=O) groups excluding carboxylic acids is 1. The maximum Gasteiger partial charge on any atom is 0.263 e. The molecule has 0 spiro atoms. The quantitative estimate of drug-likeness (QED) is 0.827. The highest BCUT2D eigenvalue weighted by atomic mass is 35.5. The van der Waals surface area contributed by atoms with Crippen molar-refractivity contribution in [2.45, 2.75) is 13.0 Å². The molecule has 1 saturated heterocycles. The molecule has 1 aromatic carbocycles. The Bertz CT molecular complexity index is 828. The molecule has 1 aromatic heterocycles. The zero-order valence-corrected chi connectivity index (χ0v) is 15.2. The van der Waals surface area contributed by atoms with Gasteiger partial charge in [0.25, 0.3) is 5.91 Å². The second-order valence-electron chi connectivity index (χ2n) is 6.04. The third kappa shape index (κ3) is 4.24. The minimum absolute atomic E-state index is 0.0524. The molecule has 1 fully saturated rings. The number of aromatic nitrogens is 1. The Morgan fingerprint density at radius 2 is 2.04 bits per heavy atom.